The Morgan fingerprint density at radius 1 is 1.25 bits per heavy atom. The van der Waals surface area contributed by atoms with Crippen LogP contribution < -0.4 is 0 Å². The molecule has 0 heterocycles. The molecule has 0 bridgehead atoms. The summed E-state index contributed by atoms with van der Waals surface area (Å²) in [7, 11) is 0. The van der Waals surface area contributed by atoms with Crippen molar-refractivity contribution in [2.45, 2.75) is 53.4 Å². The van der Waals surface area contributed by atoms with Gasteiger partial charge in [0, 0.05) is 0 Å². The fraction of sp³-hybridized carbons (Fsp3) is 0.833. The van der Waals surface area contributed by atoms with Gasteiger partial charge >= 0.3 is 0 Å². The van der Waals surface area contributed by atoms with E-state index in [0.29, 0.717) is 5.41 Å². The van der Waals surface area contributed by atoms with E-state index in [2.05, 4.69) is 40.3 Å². The molecule has 0 aromatic heterocycles. The second kappa shape index (κ2) is 5.40. The van der Waals surface area contributed by atoms with Gasteiger partial charge < -0.3 is 0 Å². The third-order valence-electron chi connectivity index (χ3n) is 3.29. The van der Waals surface area contributed by atoms with Gasteiger partial charge in [0.1, 0.15) is 0 Å². The molecule has 1 unspecified atom stereocenters. The fourth-order valence-corrected chi connectivity index (χ4v) is 1.75. The first-order valence-electron chi connectivity index (χ1n) is 5.27. The average molecular weight is 168 g/mol. The van der Waals surface area contributed by atoms with E-state index in [-0.39, 0.29) is 0 Å². The SMILES string of the molecule is C=CC(CC)(CC)CC(C)CC. The summed E-state index contributed by atoms with van der Waals surface area (Å²) >= 11 is 0. The van der Waals surface area contributed by atoms with Gasteiger partial charge in [-0.05, 0) is 30.6 Å². The highest BCUT2D eigenvalue weighted by Crippen LogP contribution is 2.35. The van der Waals surface area contributed by atoms with Crippen molar-refractivity contribution in [1.82, 2.24) is 0 Å². The predicted molar refractivity (Wildman–Crippen MR) is 57.3 cm³/mol. The van der Waals surface area contributed by atoms with Gasteiger partial charge in [-0.3, -0.25) is 0 Å². The first kappa shape index (κ1) is 11.7. The van der Waals surface area contributed by atoms with Crippen LogP contribution in [0.5, 0.6) is 0 Å². The van der Waals surface area contributed by atoms with E-state index in [9.17, 15) is 0 Å². The summed E-state index contributed by atoms with van der Waals surface area (Å²) in [5, 5.41) is 0. The monoisotopic (exact) mass is 168 g/mol. The molecule has 72 valence electrons. The Balaban J connectivity index is 4.19. The van der Waals surface area contributed by atoms with Crippen molar-refractivity contribution in [3.8, 4) is 0 Å². The van der Waals surface area contributed by atoms with Crippen molar-refractivity contribution in [3.05, 3.63) is 12.7 Å². The number of hydrogen-bond donors (Lipinski definition) is 0. The molecule has 0 heteroatoms. The summed E-state index contributed by atoms with van der Waals surface area (Å²) in [6.07, 6.45) is 7.23. The number of hydrogen-bond acceptors (Lipinski definition) is 0. The maximum atomic E-state index is 3.96. The van der Waals surface area contributed by atoms with E-state index in [1.165, 1.54) is 25.7 Å². The number of rotatable bonds is 6. The molecule has 0 aliphatic heterocycles. The van der Waals surface area contributed by atoms with Crippen LogP contribution in [0.2, 0.25) is 0 Å². The van der Waals surface area contributed by atoms with Gasteiger partial charge in [0.05, 0.1) is 0 Å². The lowest BCUT2D eigenvalue weighted by Crippen LogP contribution is -2.18. The average Bonchev–Trinajstić information content (AvgIpc) is 2.14. The summed E-state index contributed by atoms with van der Waals surface area (Å²) in [6, 6.07) is 0. The van der Waals surface area contributed by atoms with Crippen LogP contribution in [0, 0.1) is 11.3 Å². The van der Waals surface area contributed by atoms with Crippen molar-refractivity contribution in [2.75, 3.05) is 0 Å². The molecule has 0 aliphatic rings. The van der Waals surface area contributed by atoms with E-state index in [1.807, 2.05) is 0 Å². The fourth-order valence-electron chi connectivity index (χ4n) is 1.75. The molecule has 0 saturated heterocycles. The highest BCUT2D eigenvalue weighted by atomic mass is 14.3. The van der Waals surface area contributed by atoms with Crippen LogP contribution >= 0.6 is 0 Å². The molecule has 0 saturated carbocycles. The molecule has 0 nitrogen and oxygen atoms in total. The molecule has 1 atom stereocenters. The van der Waals surface area contributed by atoms with Gasteiger partial charge in [0.2, 0.25) is 0 Å². The maximum Gasteiger partial charge on any atom is -0.0124 e. The van der Waals surface area contributed by atoms with Crippen LogP contribution in [-0.2, 0) is 0 Å². The Morgan fingerprint density at radius 2 is 1.75 bits per heavy atom. The van der Waals surface area contributed by atoms with Crippen molar-refractivity contribution in [2.24, 2.45) is 11.3 Å². The Labute approximate surface area is 78.1 Å². The molecule has 0 radical (unpaired) electrons. The van der Waals surface area contributed by atoms with Gasteiger partial charge in [-0.2, -0.15) is 0 Å². The molecule has 0 rings (SSSR count). The molecule has 12 heavy (non-hydrogen) atoms. The minimum atomic E-state index is 0.412. The summed E-state index contributed by atoms with van der Waals surface area (Å²) in [5.74, 6) is 0.836. The molecule has 0 N–H and O–H groups in total. The third kappa shape index (κ3) is 3.00. The van der Waals surface area contributed by atoms with Crippen molar-refractivity contribution < 1.29 is 0 Å². The van der Waals surface area contributed by atoms with Crippen molar-refractivity contribution in [1.29, 1.82) is 0 Å². The van der Waals surface area contributed by atoms with Crippen LogP contribution in [0.15, 0.2) is 12.7 Å². The van der Waals surface area contributed by atoms with Crippen LogP contribution in [0.3, 0.4) is 0 Å². The van der Waals surface area contributed by atoms with Gasteiger partial charge in [0.25, 0.3) is 0 Å². The van der Waals surface area contributed by atoms with Gasteiger partial charge in [-0.1, -0.05) is 40.2 Å². The van der Waals surface area contributed by atoms with Gasteiger partial charge in [-0.15, -0.1) is 6.58 Å². The molecule has 0 spiro atoms. The first-order chi connectivity index (χ1) is 5.64. The first-order valence-corrected chi connectivity index (χ1v) is 5.27. The van der Waals surface area contributed by atoms with Gasteiger partial charge in [-0.25, -0.2) is 0 Å². The van der Waals surface area contributed by atoms with E-state index in [4.69, 9.17) is 0 Å². The lowest BCUT2D eigenvalue weighted by Gasteiger charge is -2.30. The second-order valence-electron chi connectivity index (χ2n) is 3.99. The van der Waals surface area contributed by atoms with Crippen molar-refractivity contribution >= 4 is 0 Å². The standard InChI is InChI=1S/C12H24/c1-6-11(5)10-12(7-2,8-3)9-4/h7,11H,2,6,8-10H2,1,3-5H3. The van der Waals surface area contributed by atoms with Crippen LogP contribution in [-0.4, -0.2) is 0 Å². The molecule has 0 aromatic rings. The highest BCUT2D eigenvalue weighted by Gasteiger charge is 2.23. The smallest absolute Gasteiger partial charge is 0.0124 e. The molecule has 0 aliphatic carbocycles. The maximum absolute atomic E-state index is 3.96. The highest BCUT2D eigenvalue weighted by molar-refractivity contribution is 4.93. The minimum absolute atomic E-state index is 0.412. The second-order valence-corrected chi connectivity index (χ2v) is 3.99. The summed E-state index contributed by atoms with van der Waals surface area (Å²) in [4.78, 5) is 0. The topological polar surface area (TPSA) is 0 Å². The third-order valence-corrected chi connectivity index (χ3v) is 3.29. The Kier molecular flexibility index (Phi) is 5.28. The zero-order valence-electron chi connectivity index (χ0n) is 9.19. The van der Waals surface area contributed by atoms with E-state index in [0.717, 1.165) is 5.92 Å². The normalized spacial score (nSPS) is 14.3. The molecular weight excluding hydrogens is 144 g/mol. The van der Waals surface area contributed by atoms with E-state index < -0.39 is 0 Å². The Hall–Kier alpha value is -0.260. The van der Waals surface area contributed by atoms with Crippen LogP contribution in [0.4, 0.5) is 0 Å². The predicted octanol–water partition coefficient (Wildman–Crippen LogP) is 4.42. The van der Waals surface area contributed by atoms with Crippen LogP contribution in [0.1, 0.15) is 53.4 Å². The minimum Gasteiger partial charge on any atom is -0.103 e. The molecule has 0 fully saturated rings. The molecular formula is C12H24. The van der Waals surface area contributed by atoms with E-state index >= 15 is 0 Å². The largest absolute Gasteiger partial charge is 0.103 e. The summed E-state index contributed by atoms with van der Waals surface area (Å²) < 4.78 is 0. The van der Waals surface area contributed by atoms with Crippen LogP contribution in [0.25, 0.3) is 0 Å². The zero-order chi connectivity index (χ0) is 9.61. The quantitative estimate of drug-likeness (QED) is 0.515. The Morgan fingerprint density at radius 3 is 2.00 bits per heavy atom. The zero-order valence-corrected chi connectivity index (χ0v) is 9.19. The summed E-state index contributed by atoms with van der Waals surface area (Å²) in [5.41, 5.74) is 0.412. The lowest BCUT2D eigenvalue weighted by molar-refractivity contribution is 0.267. The van der Waals surface area contributed by atoms with Gasteiger partial charge in [0.15, 0.2) is 0 Å². The molecule has 0 aromatic carbocycles. The Bertz CT molecular complexity index is 120. The van der Waals surface area contributed by atoms with Crippen molar-refractivity contribution in [3.63, 3.8) is 0 Å². The number of allylic oxidation sites excluding steroid dienone is 1. The van der Waals surface area contributed by atoms with E-state index in [1.54, 1.807) is 0 Å². The molecule has 0 amide bonds. The lowest BCUT2D eigenvalue weighted by atomic mass is 9.75. The summed E-state index contributed by atoms with van der Waals surface area (Å²) in [6.45, 7) is 13.1.